The number of amides is 1. The summed E-state index contributed by atoms with van der Waals surface area (Å²) in [6.45, 7) is 2.31. The normalized spacial score (nSPS) is 10.4. The summed E-state index contributed by atoms with van der Waals surface area (Å²) in [5.74, 6) is -0.961. The Kier molecular flexibility index (Phi) is 6.46. The molecule has 0 aliphatic carbocycles. The van der Waals surface area contributed by atoms with Gasteiger partial charge in [0.25, 0.3) is 11.5 Å². The number of hydrogen-bond donors (Lipinski definition) is 1. The molecule has 0 bridgehead atoms. The minimum atomic E-state index is -0.528. The van der Waals surface area contributed by atoms with E-state index in [0.717, 1.165) is 5.56 Å². The molecule has 148 valence electrons. The summed E-state index contributed by atoms with van der Waals surface area (Å²) in [6.07, 6.45) is 1.62. The fourth-order valence-electron chi connectivity index (χ4n) is 2.77. The van der Waals surface area contributed by atoms with Gasteiger partial charge in [-0.3, -0.25) is 9.59 Å². The zero-order valence-corrected chi connectivity index (χ0v) is 16.5. The van der Waals surface area contributed by atoms with E-state index in [1.165, 1.54) is 10.6 Å². The van der Waals surface area contributed by atoms with Gasteiger partial charge in [0.05, 0.1) is 18.7 Å². The van der Waals surface area contributed by atoms with E-state index >= 15 is 0 Å². The molecule has 6 nitrogen and oxygen atoms in total. The quantitative estimate of drug-likeness (QED) is 0.623. The van der Waals surface area contributed by atoms with Crippen molar-refractivity contribution in [3.63, 3.8) is 0 Å². The highest BCUT2D eigenvalue weighted by Gasteiger charge is 2.13. The van der Waals surface area contributed by atoms with Gasteiger partial charge in [-0.25, -0.2) is 4.79 Å². The Bertz CT molecular complexity index is 1090. The highest BCUT2D eigenvalue weighted by Crippen LogP contribution is 2.13. The van der Waals surface area contributed by atoms with Gasteiger partial charge in [0.15, 0.2) is 0 Å². The predicted octanol–water partition coefficient (Wildman–Crippen LogP) is 3.98. The second-order valence-corrected chi connectivity index (χ2v) is 6.67. The number of carbonyl (C=O) groups excluding carboxylic acids is 2. The largest absolute Gasteiger partial charge is 0.462 e. The van der Waals surface area contributed by atoms with Gasteiger partial charge in [-0.1, -0.05) is 23.7 Å². The van der Waals surface area contributed by atoms with Crippen LogP contribution in [0.1, 0.15) is 33.2 Å². The summed E-state index contributed by atoms with van der Waals surface area (Å²) in [6, 6.07) is 16.6. The molecule has 0 saturated heterocycles. The zero-order chi connectivity index (χ0) is 20.8. The number of carbonyl (C=O) groups is 2. The first kappa shape index (κ1) is 20.4. The Hall–Kier alpha value is -3.38. The number of nitrogens with one attached hydrogen (secondary N) is 1. The Morgan fingerprint density at radius 3 is 2.52 bits per heavy atom. The summed E-state index contributed by atoms with van der Waals surface area (Å²) in [5, 5.41) is 3.25. The van der Waals surface area contributed by atoms with Crippen LogP contribution in [0.5, 0.6) is 0 Å². The number of halogens is 1. The van der Waals surface area contributed by atoms with Crippen LogP contribution in [0.3, 0.4) is 0 Å². The number of nitrogens with zero attached hydrogens (tertiary/aromatic N) is 1. The van der Waals surface area contributed by atoms with Crippen molar-refractivity contribution in [2.45, 2.75) is 13.5 Å². The molecule has 1 N–H and O–H groups in total. The maximum atomic E-state index is 12.7. The van der Waals surface area contributed by atoms with E-state index in [2.05, 4.69) is 5.32 Å². The first-order chi connectivity index (χ1) is 14.0. The fraction of sp³-hybridized carbons (Fsp3) is 0.136. The Morgan fingerprint density at radius 1 is 1.07 bits per heavy atom. The Labute approximate surface area is 172 Å². The lowest BCUT2D eigenvalue weighted by molar-refractivity contribution is 0.0526. The number of rotatable bonds is 6. The maximum absolute atomic E-state index is 12.7. The molecular formula is C22H19ClN2O4. The van der Waals surface area contributed by atoms with Gasteiger partial charge in [-0.2, -0.15) is 0 Å². The number of hydrogen-bond acceptors (Lipinski definition) is 4. The highest BCUT2D eigenvalue weighted by molar-refractivity contribution is 6.30. The van der Waals surface area contributed by atoms with Crippen LogP contribution >= 0.6 is 11.6 Å². The highest BCUT2D eigenvalue weighted by atomic mass is 35.5. The lowest BCUT2D eigenvalue weighted by Gasteiger charge is -2.10. The smallest absolute Gasteiger partial charge is 0.338 e. The van der Waals surface area contributed by atoms with Crippen molar-refractivity contribution in [1.82, 2.24) is 4.57 Å². The summed E-state index contributed by atoms with van der Waals surface area (Å²) < 4.78 is 6.37. The average Bonchev–Trinajstić information content (AvgIpc) is 2.70. The van der Waals surface area contributed by atoms with Crippen molar-refractivity contribution in [2.75, 3.05) is 11.9 Å². The molecule has 2 aromatic carbocycles. The molecule has 7 heteroatoms. The topological polar surface area (TPSA) is 77.4 Å². The molecule has 0 unspecified atom stereocenters. The minimum Gasteiger partial charge on any atom is -0.462 e. The standard InChI is InChI=1S/C22H19ClN2O4/c1-2-29-22(28)16-8-10-18(11-9-16)24-20(26)19-7-4-12-25(21(19)27)14-15-5-3-6-17(23)13-15/h3-13H,2,14H2,1H3,(H,24,26). The van der Waals surface area contributed by atoms with E-state index in [-0.39, 0.29) is 12.2 Å². The maximum Gasteiger partial charge on any atom is 0.338 e. The molecule has 0 aliphatic heterocycles. The van der Waals surface area contributed by atoms with Crippen molar-refractivity contribution < 1.29 is 14.3 Å². The second-order valence-electron chi connectivity index (χ2n) is 6.24. The number of aromatic nitrogens is 1. The lowest BCUT2D eigenvalue weighted by Crippen LogP contribution is -2.29. The monoisotopic (exact) mass is 410 g/mol. The number of anilines is 1. The molecule has 3 aromatic rings. The molecule has 0 atom stereocenters. The van der Waals surface area contributed by atoms with Crippen molar-refractivity contribution in [3.8, 4) is 0 Å². The van der Waals surface area contributed by atoms with E-state index < -0.39 is 17.4 Å². The van der Waals surface area contributed by atoms with E-state index in [9.17, 15) is 14.4 Å². The van der Waals surface area contributed by atoms with E-state index in [1.54, 1.807) is 61.7 Å². The summed E-state index contributed by atoms with van der Waals surface area (Å²) in [5.41, 5.74) is 1.31. The van der Waals surface area contributed by atoms with Gasteiger partial charge in [0.1, 0.15) is 5.56 Å². The van der Waals surface area contributed by atoms with Crippen molar-refractivity contribution >= 4 is 29.2 Å². The first-order valence-electron chi connectivity index (χ1n) is 9.00. The molecule has 0 fully saturated rings. The van der Waals surface area contributed by atoms with Crippen LogP contribution in [0.2, 0.25) is 5.02 Å². The van der Waals surface area contributed by atoms with Gasteiger partial charge in [-0.15, -0.1) is 0 Å². The first-order valence-corrected chi connectivity index (χ1v) is 9.38. The summed E-state index contributed by atoms with van der Waals surface area (Å²) in [4.78, 5) is 37.0. The number of ether oxygens (including phenoxy) is 1. The Morgan fingerprint density at radius 2 is 1.83 bits per heavy atom. The van der Waals surface area contributed by atoms with Crippen LogP contribution in [0.15, 0.2) is 71.7 Å². The van der Waals surface area contributed by atoms with Crippen LogP contribution < -0.4 is 10.9 Å². The minimum absolute atomic E-state index is 0.0176. The van der Waals surface area contributed by atoms with Crippen molar-refractivity contribution in [1.29, 1.82) is 0 Å². The predicted molar refractivity (Wildman–Crippen MR) is 112 cm³/mol. The number of pyridine rings is 1. The number of benzene rings is 2. The molecule has 1 heterocycles. The van der Waals surface area contributed by atoms with Crippen LogP contribution in [0.4, 0.5) is 5.69 Å². The Balaban J connectivity index is 1.76. The molecule has 29 heavy (non-hydrogen) atoms. The second kappa shape index (κ2) is 9.21. The number of esters is 1. The fourth-order valence-corrected chi connectivity index (χ4v) is 2.98. The van der Waals surface area contributed by atoms with Gasteiger partial charge < -0.3 is 14.6 Å². The third-order valence-corrected chi connectivity index (χ3v) is 4.40. The van der Waals surface area contributed by atoms with Crippen LogP contribution in [-0.4, -0.2) is 23.1 Å². The van der Waals surface area contributed by atoms with Crippen molar-refractivity contribution in [3.05, 3.63) is 98.9 Å². The molecule has 0 aliphatic rings. The molecule has 1 aromatic heterocycles. The summed E-state index contributed by atoms with van der Waals surface area (Å²) >= 11 is 5.99. The third kappa shape index (κ3) is 5.12. The van der Waals surface area contributed by atoms with Gasteiger partial charge in [0.2, 0.25) is 0 Å². The van der Waals surface area contributed by atoms with Crippen LogP contribution in [0.25, 0.3) is 0 Å². The van der Waals surface area contributed by atoms with Crippen LogP contribution in [-0.2, 0) is 11.3 Å². The van der Waals surface area contributed by atoms with Crippen molar-refractivity contribution in [2.24, 2.45) is 0 Å². The van der Waals surface area contributed by atoms with Gasteiger partial charge in [-0.05, 0) is 61.0 Å². The molecule has 3 rings (SSSR count). The van der Waals surface area contributed by atoms with Gasteiger partial charge >= 0.3 is 5.97 Å². The van der Waals surface area contributed by atoms with Crippen LogP contribution in [0, 0.1) is 0 Å². The van der Waals surface area contributed by atoms with E-state index in [4.69, 9.17) is 16.3 Å². The molecule has 1 amide bonds. The molecule has 0 spiro atoms. The third-order valence-electron chi connectivity index (χ3n) is 4.16. The SMILES string of the molecule is CCOC(=O)c1ccc(NC(=O)c2cccn(Cc3cccc(Cl)c3)c2=O)cc1. The van der Waals surface area contributed by atoms with Gasteiger partial charge in [0, 0.05) is 16.9 Å². The van der Waals surface area contributed by atoms with E-state index in [1.807, 2.05) is 6.07 Å². The lowest BCUT2D eigenvalue weighted by atomic mass is 10.2. The molecule has 0 saturated carbocycles. The molecular weight excluding hydrogens is 392 g/mol. The molecule has 0 radical (unpaired) electrons. The summed E-state index contributed by atoms with van der Waals surface area (Å²) in [7, 11) is 0. The average molecular weight is 411 g/mol. The zero-order valence-electron chi connectivity index (χ0n) is 15.7. The van der Waals surface area contributed by atoms with E-state index in [0.29, 0.717) is 22.8 Å².